The smallest absolute Gasteiger partial charge is 0.167 e. The second kappa shape index (κ2) is 12.3. The van der Waals surface area contributed by atoms with Crippen LogP contribution in [0, 0.1) is 0 Å². The fourth-order valence-electron chi connectivity index (χ4n) is 8.24. The lowest BCUT2D eigenvalue weighted by atomic mass is 9.98. The number of hydrogen-bond acceptors (Lipinski definition) is 6. The van der Waals surface area contributed by atoms with Crippen LogP contribution in [0.25, 0.3) is 122 Å². The summed E-state index contributed by atoms with van der Waals surface area (Å²) in [6, 6.07) is 59.8. The van der Waals surface area contributed by atoms with E-state index in [4.69, 9.17) is 28.2 Å². The molecule has 0 amide bonds. The van der Waals surface area contributed by atoms with Crippen LogP contribution in [-0.2, 0) is 0 Å². The Morgan fingerprint density at radius 1 is 0.263 bits per heavy atom. The molecule has 0 aliphatic carbocycles. The molecule has 12 rings (SSSR count). The Hall–Kier alpha value is -7.83. The first-order chi connectivity index (χ1) is 28.2. The van der Waals surface area contributed by atoms with Crippen molar-refractivity contribution < 1.29 is 13.3 Å². The van der Waals surface area contributed by atoms with E-state index in [1.54, 1.807) is 0 Å². The van der Waals surface area contributed by atoms with Gasteiger partial charge in [-0.25, -0.2) is 15.0 Å². The minimum absolute atomic E-state index is 0.551. The largest absolute Gasteiger partial charge is 0.456 e. The van der Waals surface area contributed by atoms with Crippen molar-refractivity contribution in [1.82, 2.24) is 15.0 Å². The topological polar surface area (TPSA) is 78.1 Å². The van der Waals surface area contributed by atoms with Crippen LogP contribution < -0.4 is 0 Å². The average Bonchev–Trinajstić information content (AvgIpc) is 3.97. The summed E-state index contributed by atoms with van der Waals surface area (Å²) in [6.07, 6.45) is 0. The number of hydrogen-bond donors (Lipinski definition) is 0. The molecule has 266 valence electrons. The van der Waals surface area contributed by atoms with Crippen LogP contribution in [0.4, 0.5) is 0 Å². The Balaban J connectivity index is 0.993. The van der Waals surface area contributed by atoms with E-state index in [1.165, 1.54) is 0 Å². The Morgan fingerprint density at radius 2 is 0.754 bits per heavy atom. The molecule has 8 aromatic carbocycles. The molecule has 0 unspecified atom stereocenters. The highest BCUT2D eigenvalue weighted by molar-refractivity contribution is 6.15. The number of benzene rings is 8. The van der Waals surface area contributed by atoms with Crippen LogP contribution >= 0.6 is 0 Å². The molecule has 4 aromatic heterocycles. The average molecular weight is 732 g/mol. The second-order valence-corrected chi connectivity index (χ2v) is 14.3. The van der Waals surface area contributed by atoms with Crippen molar-refractivity contribution in [2.24, 2.45) is 0 Å². The minimum atomic E-state index is 0.551. The fraction of sp³-hybridized carbons (Fsp3) is 0. The molecule has 57 heavy (non-hydrogen) atoms. The van der Waals surface area contributed by atoms with Crippen LogP contribution in [0.1, 0.15) is 0 Å². The van der Waals surface area contributed by atoms with Gasteiger partial charge in [0.1, 0.15) is 33.5 Å². The maximum atomic E-state index is 6.87. The van der Waals surface area contributed by atoms with Gasteiger partial charge in [-0.2, -0.15) is 0 Å². The maximum absolute atomic E-state index is 6.87. The van der Waals surface area contributed by atoms with Crippen molar-refractivity contribution in [3.05, 3.63) is 176 Å². The molecule has 0 saturated carbocycles. The molecule has 0 bridgehead atoms. The van der Waals surface area contributed by atoms with Gasteiger partial charge in [-0.15, -0.1) is 0 Å². The molecule has 6 heteroatoms. The zero-order valence-corrected chi connectivity index (χ0v) is 30.3. The fourth-order valence-corrected chi connectivity index (χ4v) is 8.24. The van der Waals surface area contributed by atoms with Gasteiger partial charge in [0.05, 0.1) is 5.56 Å². The first kappa shape index (κ1) is 31.5. The maximum Gasteiger partial charge on any atom is 0.167 e. The molecule has 0 radical (unpaired) electrons. The Bertz CT molecular complexity index is 3470. The summed E-state index contributed by atoms with van der Waals surface area (Å²) in [4.78, 5) is 14.9. The van der Waals surface area contributed by atoms with Crippen LogP contribution in [0.5, 0.6) is 0 Å². The van der Waals surface area contributed by atoms with Crippen molar-refractivity contribution in [3.8, 4) is 56.4 Å². The molecule has 0 spiro atoms. The molecule has 0 N–H and O–H groups in total. The van der Waals surface area contributed by atoms with Gasteiger partial charge < -0.3 is 13.3 Å². The Morgan fingerprint density at radius 3 is 1.44 bits per heavy atom. The summed E-state index contributed by atoms with van der Waals surface area (Å²) < 4.78 is 19.8. The second-order valence-electron chi connectivity index (χ2n) is 14.3. The van der Waals surface area contributed by atoms with Crippen LogP contribution in [0.2, 0.25) is 0 Å². The van der Waals surface area contributed by atoms with E-state index in [-0.39, 0.29) is 0 Å². The first-order valence-corrected chi connectivity index (χ1v) is 18.9. The molecule has 0 aliphatic heterocycles. The molecule has 0 saturated heterocycles. The monoisotopic (exact) mass is 731 g/mol. The van der Waals surface area contributed by atoms with Crippen molar-refractivity contribution >= 4 is 65.8 Å². The van der Waals surface area contributed by atoms with E-state index in [0.29, 0.717) is 17.5 Å². The van der Waals surface area contributed by atoms with Crippen LogP contribution in [-0.4, -0.2) is 15.0 Å². The predicted molar refractivity (Wildman–Crippen MR) is 229 cm³/mol. The third-order valence-corrected chi connectivity index (χ3v) is 11.0. The van der Waals surface area contributed by atoms with E-state index >= 15 is 0 Å². The third kappa shape index (κ3) is 5.01. The van der Waals surface area contributed by atoms with Gasteiger partial charge in [0.15, 0.2) is 17.5 Å². The summed E-state index contributed by atoms with van der Waals surface area (Å²) in [7, 11) is 0. The van der Waals surface area contributed by atoms with E-state index in [2.05, 4.69) is 84.9 Å². The molecule has 0 fully saturated rings. The minimum Gasteiger partial charge on any atom is -0.456 e. The summed E-state index contributed by atoms with van der Waals surface area (Å²) in [5.74, 6) is 1.76. The number of aromatic nitrogens is 3. The zero-order chi connectivity index (χ0) is 37.5. The van der Waals surface area contributed by atoms with E-state index in [1.807, 2.05) is 91.0 Å². The molecular weight excluding hydrogens is 703 g/mol. The summed E-state index contributed by atoms with van der Waals surface area (Å²) in [6.45, 7) is 0. The first-order valence-electron chi connectivity index (χ1n) is 18.9. The molecule has 6 nitrogen and oxygen atoms in total. The lowest BCUT2D eigenvalue weighted by Crippen LogP contribution is -2.00. The summed E-state index contributed by atoms with van der Waals surface area (Å²) >= 11 is 0. The SMILES string of the molecule is c1ccc(-c2nc(-c3ccccc3)nc(-c3cccc4c3oc3cc(-c5cccc6c5oc5c(-c7ccc8oc9ccccc9c8c7)cccc56)ccc34)n2)cc1. The molecule has 4 heterocycles. The molecule has 12 aromatic rings. The lowest BCUT2D eigenvalue weighted by Gasteiger charge is -2.08. The van der Waals surface area contributed by atoms with E-state index in [0.717, 1.165) is 105 Å². The van der Waals surface area contributed by atoms with Gasteiger partial charge in [0.25, 0.3) is 0 Å². The van der Waals surface area contributed by atoms with Crippen molar-refractivity contribution in [2.75, 3.05) is 0 Å². The number of nitrogens with zero attached hydrogens (tertiary/aromatic N) is 3. The van der Waals surface area contributed by atoms with Gasteiger partial charge in [0, 0.05) is 54.6 Å². The Labute approximate surface area is 325 Å². The van der Waals surface area contributed by atoms with Gasteiger partial charge in [-0.3, -0.25) is 0 Å². The highest BCUT2D eigenvalue weighted by Gasteiger charge is 2.20. The predicted octanol–water partition coefficient (Wildman–Crippen LogP) is 13.9. The number of rotatable bonds is 5. The highest BCUT2D eigenvalue weighted by Crippen LogP contribution is 2.43. The normalized spacial score (nSPS) is 11.9. The van der Waals surface area contributed by atoms with Gasteiger partial charge in [0.2, 0.25) is 0 Å². The summed E-state index contributed by atoms with van der Waals surface area (Å²) in [5, 5.41) is 6.32. The van der Waals surface area contributed by atoms with Crippen molar-refractivity contribution in [1.29, 1.82) is 0 Å². The number of furan rings is 3. The third-order valence-electron chi connectivity index (χ3n) is 11.0. The standard InChI is InChI=1S/C51H29N3O3/c1-3-12-30(13-4-1)49-52-50(31-14-5-2-6-15-31)54-51(53-49)41-22-11-19-38-37-26-24-33(29-45(37)56-48(38)41)35-18-10-21-40-39-20-9-17-34(46(39)57-47(35)40)32-25-27-44-42(28-32)36-16-7-8-23-43(36)55-44/h1-29H. The van der Waals surface area contributed by atoms with Crippen molar-refractivity contribution in [3.63, 3.8) is 0 Å². The summed E-state index contributed by atoms with van der Waals surface area (Å²) in [5.41, 5.74) is 11.7. The number of fused-ring (bicyclic) bond motifs is 9. The van der Waals surface area contributed by atoms with E-state index < -0.39 is 0 Å². The zero-order valence-electron chi connectivity index (χ0n) is 30.3. The van der Waals surface area contributed by atoms with Crippen molar-refractivity contribution in [2.45, 2.75) is 0 Å². The van der Waals surface area contributed by atoms with Gasteiger partial charge in [-0.05, 0) is 47.5 Å². The Kier molecular flexibility index (Phi) is 6.83. The lowest BCUT2D eigenvalue weighted by molar-refractivity contribution is 0.668. The quantitative estimate of drug-likeness (QED) is 0.175. The molecule has 0 aliphatic rings. The molecule has 0 atom stereocenters. The highest BCUT2D eigenvalue weighted by atomic mass is 16.3. The van der Waals surface area contributed by atoms with Gasteiger partial charge >= 0.3 is 0 Å². The van der Waals surface area contributed by atoms with Crippen LogP contribution in [0.3, 0.4) is 0 Å². The van der Waals surface area contributed by atoms with Crippen LogP contribution in [0.15, 0.2) is 189 Å². The van der Waals surface area contributed by atoms with Gasteiger partial charge in [-0.1, -0.05) is 140 Å². The van der Waals surface area contributed by atoms with E-state index in [9.17, 15) is 0 Å². The molecular formula is C51H29N3O3. The number of para-hydroxylation sites is 4.